The van der Waals surface area contributed by atoms with Crippen molar-refractivity contribution >= 4 is 60.8 Å². The van der Waals surface area contributed by atoms with Crippen LogP contribution >= 0.6 is 0 Å². The van der Waals surface area contributed by atoms with Crippen molar-refractivity contribution in [2.75, 3.05) is 4.90 Å². The van der Waals surface area contributed by atoms with E-state index in [9.17, 15) is 0 Å². The van der Waals surface area contributed by atoms with Crippen LogP contribution in [-0.4, -0.2) is 4.57 Å². The zero-order valence-electron chi connectivity index (χ0n) is 27.8. The fourth-order valence-electron chi connectivity index (χ4n) is 7.73. The molecule has 0 atom stereocenters. The van der Waals surface area contributed by atoms with Crippen LogP contribution in [0.3, 0.4) is 0 Å². The van der Waals surface area contributed by atoms with Gasteiger partial charge in [-0.3, -0.25) is 0 Å². The van der Waals surface area contributed by atoms with Crippen molar-refractivity contribution in [2.24, 2.45) is 0 Å². The number of hydrogen-bond acceptors (Lipinski definition) is 2. The number of furan rings is 1. The summed E-state index contributed by atoms with van der Waals surface area (Å²) in [6.07, 6.45) is 0. The van der Waals surface area contributed by atoms with Crippen LogP contribution in [0.1, 0.15) is 0 Å². The minimum absolute atomic E-state index is 0.860. The van der Waals surface area contributed by atoms with E-state index in [1.165, 1.54) is 21.9 Å². The monoisotopic (exact) mass is 652 g/mol. The fourth-order valence-corrected chi connectivity index (χ4v) is 7.73. The zero-order chi connectivity index (χ0) is 33.7. The molecule has 10 aromatic rings. The number of hydrogen-bond donors (Lipinski definition) is 0. The maximum Gasteiger partial charge on any atom is 0.159 e. The normalized spacial score (nSPS) is 11.5. The van der Waals surface area contributed by atoms with Crippen LogP contribution in [0.25, 0.3) is 71.7 Å². The van der Waals surface area contributed by atoms with Gasteiger partial charge in [0.05, 0.1) is 28.1 Å². The first-order valence-corrected chi connectivity index (χ1v) is 17.4. The van der Waals surface area contributed by atoms with Crippen LogP contribution in [0.15, 0.2) is 199 Å². The molecule has 2 heterocycles. The lowest BCUT2D eigenvalue weighted by Crippen LogP contribution is -2.12. The Morgan fingerprint density at radius 1 is 0.373 bits per heavy atom. The number of nitrogens with zero attached hydrogens (tertiary/aromatic N) is 2. The zero-order valence-corrected chi connectivity index (χ0v) is 27.8. The smallest absolute Gasteiger partial charge is 0.159 e. The first-order chi connectivity index (χ1) is 25.3. The summed E-state index contributed by atoms with van der Waals surface area (Å²) < 4.78 is 9.12. The van der Waals surface area contributed by atoms with Crippen LogP contribution in [0.4, 0.5) is 17.1 Å². The summed E-state index contributed by atoms with van der Waals surface area (Å²) in [5, 5.41) is 4.57. The van der Waals surface area contributed by atoms with Gasteiger partial charge in [0.25, 0.3) is 0 Å². The van der Waals surface area contributed by atoms with E-state index < -0.39 is 0 Å². The standard InChI is InChI=1S/C48H32N2O/c1-3-15-33(16-4-1)34-29-31-36(32-30-34)49-42-24-11-8-21-40(42)47-43(49)25-14-26-44(47)50(41-23-10-7-19-37(41)35-17-5-2-6-18-35)45-27-13-22-39-38-20-9-12-28-46(38)51-48(39)45/h1-32H. The molecule has 2 aromatic heterocycles. The fraction of sp³-hybridized carbons (Fsp3) is 0. The molecule has 3 nitrogen and oxygen atoms in total. The maximum atomic E-state index is 6.73. The quantitative estimate of drug-likeness (QED) is 0.178. The molecular weight excluding hydrogens is 621 g/mol. The molecule has 0 unspecified atom stereocenters. The van der Waals surface area contributed by atoms with Crippen molar-refractivity contribution in [1.82, 2.24) is 4.57 Å². The summed E-state index contributed by atoms with van der Waals surface area (Å²) in [4.78, 5) is 2.41. The SMILES string of the molecule is c1ccc(-c2ccc(-n3c4ccccc4c4c(N(c5ccccc5-c5ccccc5)c5cccc6c5oc5ccccc56)cccc43)cc2)cc1. The van der Waals surface area contributed by atoms with Crippen molar-refractivity contribution in [3.8, 4) is 27.9 Å². The molecule has 0 saturated heterocycles. The third-order valence-corrected chi connectivity index (χ3v) is 10.0. The summed E-state index contributed by atoms with van der Waals surface area (Å²) in [6, 6.07) is 69.1. The first kappa shape index (κ1) is 29.1. The summed E-state index contributed by atoms with van der Waals surface area (Å²) in [5.41, 5.74) is 13.0. The minimum atomic E-state index is 0.860. The molecular formula is C48H32N2O. The van der Waals surface area contributed by atoms with E-state index in [0.29, 0.717) is 0 Å². The van der Waals surface area contributed by atoms with Gasteiger partial charge in [-0.15, -0.1) is 0 Å². The van der Waals surface area contributed by atoms with Crippen molar-refractivity contribution < 1.29 is 4.42 Å². The number of fused-ring (bicyclic) bond motifs is 6. The molecule has 240 valence electrons. The molecule has 0 aliphatic rings. The van der Waals surface area contributed by atoms with E-state index >= 15 is 0 Å². The number of anilines is 3. The topological polar surface area (TPSA) is 21.3 Å². The lowest BCUT2D eigenvalue weighted by atomic mass is 10.0. The summed E-state index contributed by atoms with van der Waals surface area (Å²) in [6.45, 7) is 0. The van der Waals surface area contributed by atoms with E-state index in [4.69, 9.17) is 4.42 Å². The molecule has 0 N–H and O–H groups in total. The van der Waals surface area contributed by atoms with Crippen LogP contribution in [0.5, 0.6) is 0 Å². The summed E-state index contributed by atoms with van der Waals surface area (Å²) in [7, 11) is 0. The molecule has 0 amide bonds. The molecule has 3 heteroatoms. The van der Waals surface area contributed by atoms with Crippen LogP contribution in [-0.2, 0) is 0 Å². The Labute approximate surface area is 295 Å². The van der Waals surface area contributed by atoms with Gasteiger partial charge in [-0.05, 0) is 65.2 Å². The number of para-hydroxylation sites is 4. The Hall–Kier alpha value is -6.84. The highest BCUT2D eigenvalue weighted by atomic mass is 16.3. The average molecular weight is 653 g/mol. The Kier molecular flexibility index (Phi) is 6.81. The second-order valence-electron chi connectivity index (χ2n) is 12.9. The van der Waals surface area contributed by atoms with E-state index in [1.54, 1.807) is 0 Å². The van der Waals surface area contributed by atoms with Gasteiger partial charge in [-0.1, -0.05) is 146 Å². The molecule has 0 radical (unpaired) electrons. The molecule has 0 aliphatic heterocycles. The van der Waals surface area contributed by atoms with Crippen LogP contribution in [0.2, 0.25) is 0 Å². The predicted molar refractivity (Wildman–Crippen MR) is 214 cm³/mol. The Morgan fingerprint density at radius 2 is 0.941 bits per heavy atom. The number of aromatic nitrogens is 1. The molecule has 51 heavy (non-hydrogen) atoms. The van der Waals surface area contributed by atoms with Crippen molar-refractivity contribution in [3.05, 3.63) is 194 Å². The molecule has 0 saturated carbocycles. The van der Waals surface area contributed by atoms with Crippen molar-refractivity contribution in [3.63, 3.8) is 0 Å². The Morgan fingerprint density at radius 3 is 1.76 bits per heavy atom. The second-order valence-corrected chi connectivity index (χ2v) is 12.9. The van der Waals surface area contributed by atoms with Gasteiger partial charge in [0.1, 0.15) is 5.58 Å². The highest BCUT2D eigenvalue weighted by Gasteiger charge is 2.25. The Balaban J connectivity index is 1.27. The molecule has 0 bridgehead atoms. The lowest BCUT2D eigenvalue weighted by molar-refractivity contribution is 0.669. The molecule has 0 fully saturated rings. The summed E-state index contributed by atoms with van der Waals surface area (Å²) >= 11 is 0. The van der Waals surface area contributed by atoms with E-state index in [-0.39, 0.29) is 0 Å². The molecule has 8 aromatic carbocycles. The van der Waals surface area contributed by atoms with E-state index in [2.05, 4.69) is 198 Å². The predicted octanol–water partition coefficient (Wildman–Crippen LogP) is 13.5. The molecule has 10 rings (SSSR count). The third-order valence-electron chi connectivity index (χ3n) is 10.0. The number of benzene rings is 8. The highest BCUT2D eigenvalue weighted by molar-refractivity contribution is 6.18. The molecule has 0 aliphatic carbocycles. The van der Waals surface area contributed by atoms with Gasteiger partial charge in [0, 0.05) is 32.8 Å². The van der Waals surface area contributed by atoms with Gasteiger partial charge in [-0.2, -0.15) is 0 Å². The lowest BCUT2D eigenvalue weighted by Gasteiger charge is -2.28. The second kappa shape index (κ2) is 11.9. The number of rotatable bonds is 6. The van der Waals surface area contributed by atoms with Gasteiger partial charge >= 0.3 is 0 Å². The van der Waals surface area contributed by atoms with Gasteiger partial charge in [0.2, 0.25) is 0 Å². The average Bonchev–Trinajstić information content (AvgIpc) is 3.76. The highest BCUT2D eigenvalue weighted by Crippen LogP contribution is 2.49. The van der Waals surface area contributed by atoms with Crippen LogP contribution in [0, 0.1) is 0 Å². The third kappa shape index (κ3) is 4.74. The van der Waals surface area contributed by atoms with Crippen molar-refractivity contribution in [2.45, 2.75) is 0 Å². The van der Waals surface area contributed by atoms with Crippen molar-refractivity contribution in [1.29, 1.82) is 0 Å². The van der Waals surface area contributed by atoms with E-state index in [0.717, 1.165) is 66.8 Å². The van der Waals surface area contributed by atoms with Crippen LogP contribution < -0.4 is 4.90 Å². The first-order valence-electron chi connectivity index (χ1n) is 17.4. The minimum Gasteiger partial charge on any atom is -0.454 e. The molecule has 0 spiro atoms. The van der Waals surface area contributed by atoms with Gasteiger partial charge in [0.15, 0.2) is 5.58 Å². The largest absolute Gasteiger partial charge is 0.454 e. The maximum absolute atomic E-state index is 6.73. The van der Waals surface area contributed by atoms with E-state index in [1.807, 2.05) is 6.07 Å². The van der Waals surface area contributed by atoms with Gasteiger partial charge < -0.3 is 13.9 Å². The Bertz CT molecular complexity index is 2850. The van der Waals surface area contributed by atoms with Gasteiger partial charge in [-0.25, -0.2) is 0 Å². The summed E-state index contributed by atoms with van der Waals surface area (Å²) in [5.74, 6) is 0.